The van der Waals surface area contributed by atoms with Crippen LogP contribution in [0.3, 0.4) is 0 Å². The quantitative estimate of drug-likeness (QED) is 0.851. The third kappa shape index (κ3) is 3.70. The number of carboxylic acid groups (broad SMARTS) is 1. The Morgan fingerprint density at radius 2 is 1.95 bits per heavy atom. The van der Waals surface area contributed by atoms with Crippen molar-refractivity contribution in [3.05, 3.63) is 53.9 Å². The molecule has 0 saturated heterocycles. The van der Waals surface area contributed by atoms with E-state index in [4.69, 9.17) is 9.84 Å². The van der Waals surface area contributed by atoms with E-state index in [1.807, 2.05) is 18.2 Å². The highest BCUT2D eigenvalue weighted by atomic mass is 16.5. The maximum atomic E-state index is 12.0. The van der Waals surface area contributed by atoms with Gasteiger partial charge in [0.2, 0.25) is 5.91 Å². The Hall–Kier alpha value is -2.60. The molecule has 1 amide bonds. The van der Waals surface area contributed by atoms with E-state index in [2.05, 4.69) is 5.32 Å². The molecule has 0 atom stereocenters. The summed E-state index contributed by atoms with van der Waals surface area (Å²) in [5.74, 6) is -1.27. The molecule has 110 valence electrons. The van der Waals surface area contributed by atoms with Gasteiger partial charge in [0.1, 0.15) is 6.54 Å². The Bertz CT molecular complexity index is 634. The lowest BCUT2D eigenvalue weighted by atomic mass is 10.2. The summed E-state index contributed by atoms with van der Waals surface area (Å²) in [5, 5.41) is 11.9. The van der Waals surface area contributed by atoms with Gasteiger partial charge in [-0.05, 0) is 18.2 Å². The zero-order valence-corrected chi connectivity index (χ0v) is 11.6. The van der Waals surface area contributed by atoms with Crippen LogP contribution in [0, 0.1) is 0 Å². The zero-order chi connectivity index (χ0) is 15.2. The van der Waals surface area contributed by atoms with Crippen LogP contribution in [0.4, 0.5) is 5.69 Å². The van der Waals surface area contributed by atoms with Gasteiger partial charge in [0.05, 0.1) is 17.9 Å². The molecular weight excluding hydrogens is 272 g/mol. The van der Waals surface area contributed by atoms with Crippen molar-refractivity contribution in [2.45, 2.75) is 13.2 Å². The number of carboxylic acids is 1. The van der Waals surface area contributed by atoms with Crippen molar-refractivity contribution >= 4 is 17.6 Å². The Morgan fingerprint density at radius 1 is 1.24 bits per heavy atom. The zero-order valence-electron chi connectivity index (χ0n) is 11.6. The van der Waals surface area contributed by atoms with Crippen molar-refractivity contribution < 1.29 is 19.4 Å². The summed E-state index contributed by atoms with van der Waals surface area (Å²) in [5.41, 5.74) is 1.30. The van der Waals surface area contributed by atoms with Crippen LogP contribution in [0.1, 0.15) is 16.1 Å². The summed E-state index contributed by atoms with van der Waals surface area (Å²) < 4.78 is 6.58. The maximum Gasteiger partial charge on any atom is 0.337 e. The first-order valence-corrected chi connectivity index (χ1v) is 6.37. The Balaban J connectivity index is 2.12. The molecule has 2 N–H and O–H groups in total. The number of hydrogen-bond donors (Lipinski definition) is 2. The summed E-state index contributed by atoms with van der Waals surface area (Å²) in [6, 6.07) is 10.5. The molecule has 2 rings (SSSR count). The minimum Gasteiger partial charge on any atom is -0.478 e. The predicted molar refractivity (Wildman–Crippen MR) is 77.2 cm³/mol. The van der Waals surface area contributed by atoms with E-state index < -0.39 is 5.97 Å². The average molecular weight is 288 g/mol. The van der Waals surface area contributed by atoms with Crippen LogP contribution in [0.25, 0.3) is 0 Å². The van der Waals surface area contributed by atoms with Crippen LogP contribution in [0.2, 0.25) is 0 Å². The molecule has 0 spiro atoms. The number of hydrogen-bond acceptors (Lipinski definition) is 3. The molecule has 0 aliphatic rings. The lowest BCUT2D eigenvalue weighted by Crippen LogP contribution is -2.20. The molecule has 0 radical (unpaired) electrons. The molecule has 2 aromatic rings. The number of methoxy groups -OCH3 is 1. The van der Waals surface area contributed by atoms with Gasteiger partial charge in [-0.2, -0.15) is 0 Å². The molecule has 1 aromatic heterocycles. The fourth-order valence-electron chi connectivity index (χ4n) is 2.02. The van der Waals surface area contributed by atoms with Crippen molar-refractivity contribution in [1.29, 1.82) is 0 Å². The molecule has 6 heteroatoms. The second kappa shape index (κ2) is 6.71. The van der Waals surface area contributed by atoms with E-state index in [1.165, 1.54) is 13.2 Å². The lowest BCUT2D eigenvalue weighted by Gasteiger charge is -2.10. The molecule has 1 aromatic carbocycles. The van der Waals surface area contributed by atoms with Crippen LogP contribution in [-0.2, 0) is 22.7 Å². The van der Waals surface area contributed by atoms with Crippen molar-refractivity contribution in [2.24, 2.45) is 0 Å². The van der Waals surface area contributed by atoms with Crippen LogP contribution in [-0.4, -0.2) is 28.7 Å². The smallest absolute Gasteiger partial charge is 0.337 e. The molecule has 21 heavy (non-hydrogen) atoms. The number of anilines is 1. The van der Waals surface area contributed by atoms with Crippen molar-refractivity contribution in [2.75, 3.05) is 12.4 Å². The van der Waals surface area contributed by atoms with Crippen LogP contribution in [0.15, 0.2) is 42.6 Å². The topological polar surface area (TPSA) is 80.6 Å². The van der Waals surface area contributed by atoms with E-state index in [9.17, 15) is 9.59 Å². The SMILES string of the molecule is COCc1c(C(=O)O)ccn1CC(=O)Nc1ccccc1. The molecular formula is C15H16N2O4. The van der Waals surface area contributed by atoms with Crippen molar-refractivity contribution in [3.63, 3.8) is 0 Å². The van der Waals surface area contributed by atoms with E-state index >= 15 is 0 Å². The molecule has 0 saturated carbocycles. The summed E-state index contributed by atoms with van der Waals surface area (Å²) in [6.07, 6.45) is 1.57. The van der Waals surface area contributed by atoms with Crippen LogP contribution in [0.5, 0.6) is 0 Å². The van der Waals surface area contributed by atoms with E-state index in [0.29, 0.717) is 11.4 Å². The number of rotatable bonds is 6. The maximum absolute atomic E-state index is 12.0. The third-order valence-electron chi connectivity index (χ3n) is 2.96. The van der Waals surface area contributed by atoms with Gasteiger partial charge in [0.25, 0.3) is 0 Å². The highest BCUT2D eigenvalue weighted by molar-refractivity contribution is 5.92. The largest absolute Gasteiger partial charge is 0.478 e. The number of para-hydroxylation sites is 1. The van der Waals surface area contributed by atoms with Gasteiger partial charge in [-0.3, -0.25) is 4.79 Å². The number of nitrogens with one attached hydrogen (secondary N) is 1. The molecule has 0 bridgehead atoms. The monoisotopic (exact) mass is 288 g/mol. The summed E-state index contributed by atoms with van der Waals surface area (Å²) >= 11 is 0. The van der Waals surface area contributed by atoms with E-state index in [1.54, 1.807) is 22.9 Å². The standard InChI is InChI=1S/C15H16N2O4/c1-21-10-13-12(15(19)20)7-8-17(13)9-14(18)16-11-5-3-2-4-6-11/h2-8H,9-10H2,1H3,(H,16,18)(H,19,20). The second-order valence-electron chi connectivity index (χ2n) is 4.46. The first kappa shape index (κ1) is 14.8. The fourth-order valence-corrected chi connectivity index (χ4v) is 2.02. The number of amides is 1. The van der Waals surface area contributed by atoms with Gasteiger partial charge < -0.3 is 19.7 Å². The van der Waals surface area contributed by atoms with Crippen molar-refractivity contribution in [3.8, 4) is 0 Å². The molecule has 6 nitrogen and oxygen atoms in total. The number of carbonyl (C=O) groups is 2. The van der Waals surface area contributed by atoms with Gasteiger partial charge in [0.15, 0.2) is 0 Å². The number of nitrogens with zero attached hydrogens (tertiary/aromatic N) is 1. The highest BCUT2D eigenvalue weighted by Gasteiger charge is 2.16. The van der Waals surface area contributed by atoms with Crippen molar-refractivity contribution in [1.82, 2.24) is 4.57 Å². The number of ether oxygens (including phenoxy) is 1. The number of carbonyl (C=O) groups excluding carboxylic acids is 1. The molecule has 1 heterocycles. The Labute approximate surface area is 122 Å². The number of aromatic carboxylic acids is 1. The van der Waals surface area contributed by atoms with Gasteiger partial charge in [-0.25, -0.2) is 4.79 Å². The molecule has 0 fully saturated rings. The second-order valence-corrected chi connectivity index (χ2v) is 4.46. The van der Waals surface area contributed by atoms with Crippen LogP contribution < -0.4 is 5.32 Å². The lowest BCUT2D eigenvalue weighted by molar-refractivity contribution is -0.116. The molecule has 0 unspecified atom stereocenters. The predicted octanol–water partition coefficient (Wildman–Crippen LogP) is 1.97. The minimum atomic E-state index is -1.04. The Kier molecular flexibility index (Phi) is 4.73. The molecule has 0 aliphatic carbocycles. The highest BCUT2D eigenvalue weighted by Crippen LogP contribution is 2.13. The average Bonchev–Trinajstić information content (AvgIpc) is 2.83. The number of benzene rings is 1. The van der Waals surface area contributed by atoms with Crippen LogP contribution >= 0.6 is 0 Å². The third-order valence-corrected chi connectivity index (χ3v) is 2.96. The van der Waals surface area contributed by atoms with E-state index in [0.717, 1.165) is 0 Å². The fraction of sp³-hybridized carbons (Fsp3) is 0.200. The molecule has 0 aliphatic heterocycles. The summed E-state index contributed by atoms with van der Waals surface area (Å²) in [6.45, 7) is 0.161. The van der Waals surface area contributed by atoms with Gasteiger partial charge >= 0.3 is 5.97 Å². The van der Waals surface area contributed by atoms with Gasteiger partial charge in [-0.1, -0.05) is 18.2 Å². The normalized spacial score (nSPS) is 10.3. The first-order chi connectivity index (χ1) is 10.1. The summed E-state index contributed by atoms with van der Waals surface area (Å²) in [7, 11) is 1.48. The Morgan fingerprint density at radius 3 is 2.57 bits per heavy atom. The minimum absolute atomic E-state index is 0.0286. The van der Waals surface area contributed by atoms with Gasteiger partial charge in [0, 0.05) is 19.0 Å². The van der Waals surface area contributed by atoms with Gasteiger partial charge in [-0.15, -0.1) is 0 Å². The first-order valence-electron chi connectivity index (χ1n) is 6.37. The summed E-state index contributed by atoms with van der Waals surface area (Å²) in [4.78, 5) is 23.1. The number of aromatic nitrogens is 1. The van der Waals surface area contributed by atoms with E-state index in [-0.39, 0.29) is 24.6 Å².